The van der Waals surface area contributed by atoms with Gasteiger partial charge in [0.15, 0.2) is 0 Å². The number of nitrogens with zero attached hydrogens (tertiary/aromatic N) is 1. The van der Waals surface area contributed by atoms with Crippen molar-refractivity contribution < 1.29 is 18.7 Å². The minimum Gasteiger partial charge on any atom is -0.488 e. The van der Waals surface area contributed by atoms with Gasteiger partial charge in [-0.3, -0.25) is 9.59 Å². The van der Waals surface area contributed by atoms with Gasteiger partial charge in [0, 0.05) is 12.0 Å². The number of carbonyl (C=O) groups excluding carboxylic acids is 2. The Balaban J connectivity index is 1.72. The molecule has 1 N–H and O–H groups in total. The third kappa shape index (κ3) is 2.57. The van der Waals surface area contributed by atoms with Gasteiger partial charge in [0.2, 0.25) is 11.8 Å². The molecule has 2 aliphatic rings. The molecular formula is C15H17FN2O3. The topological polar surface area (TPSA) is 58.6 Å². The standard InChI is InChI=1S/C15H17FN2O3/c1-2-12-15(20)17-7-14(19)18(12)8-11-6-9-5-10(16)3-4-13(9)21-11/h3-5,11-12H,2,6-8H2,1H3,(H,17,20). The first-order valence-corrected chi connectivity index (χ1v) is 7.10. The molecule has 1 saturated heterocycles. The molecule has 0 saturated carbocycles. The zero-order valence-corrected chi connectivity index (χ0v) is 11.8. The number of amides is 2. The third-order valence-corrected chi connectivity index (χ3v) is 3.96. The zero-order valence-electron chi connectivity index (χ0n) is 11.8. The molecule has 2 heterocycles. The van der Waals surface area contributed by atoms with Gasteiger partial charge in [0.1, 0.15) is 23.7 Å². The number of carbonyl (C=O) groups is 2. The lowest BCUT2D eigenvalue weighted by Crippen LogP contribution is -2.59. The average Bonchev–Trinajstić information content (AvgIpc) is 2.84. The van der Waals surface area contributed by atoms with Gasteiger partial charge < -0.3 is 15.0 Å². The minimum absolute atomic E-state index is 0.0314. The summed E-state index contributed by atoms with van der Waals surface area (Å²) in [6, 6.07) is 3.97. The van der Waals surface area contributed by atoms with E-state index in [1.54, 1.807) is 11.0 Å². The van der Waals surface area contributed by atoms with Crippen molar-refractivity contribution in [2.75, 3.05) is 13.1 Å². The Hall–Kier alpha value is -2.11. The quantitative estimate of drug-likeness (QED) is 0.899. The molecule has 0 aromatic heterocycles. The number of nitrogens with one attached hydrogen (secondary N) is 1. The molecule has 5 nitrogen and oxygen atoms in total. The first kappa shape index (κ1) is 13.9. The van der Waals surface area contributed by atoms with Crippen LogP contribution in [0.4, 0.5) is 4.39 Å². The van der Waals surface area contributed by atoms with Gasteiger partial charge in [0.25, 0.3) is 0 Å². The first-order chi connectivity index (χ1) is 10.1. The molecule has 21 heavy (non-hydrogen) atoms. The normalized spacial score (nSPS) is 24.6. The summed E-state index contributed by atoms with van der Waals surface area (Å²) in [5.74, 6) is 0.132. The minimum atomic E-state index is -0.449. The van der Waals surface area contributed by atoms with E-state index in [1.807, 2.05) is 6.92 Å². The summed E-state index contributed by atoms with van der Waals surface area (Å²) in [6.07, 6.45) is 0.881. The van der Waals surface area contributed by atoms with Crippen LogP contribution >= 0.6 is 0 Å². The molecule has 1 aromatic carbocycles. The van der Waals surface area contributed by atoms with Crippen LogP contribution in [0.1, 0.15) is 18.9 Å². The number of piperazine rings is 1. The lowest BCUT2D eigenvalue weighted by atomic mass is 10.1. The molecule has 6 heteroatoms. The van der Waals surface area contributed by atoms with Crippen LogP contribution in [-0.4, -0.2) is 41.9 Å². The number of ether oxygens (including phenoxy) is 1. The van der Waals surface area contributed by atoms with Crippen molar-refractivity contribution in [2.24, 2.45) is 0 Å². The predicted molar refractivity (Wildman–Crippen MR) is 73.3 cm³/mol. The van der Waals surface area contributed by atoms with Gasteiger partial charge in [-0.25, -0.2) is 4.39 Å². The highest BCUT2D eigenvalue weighted by atomic mass is 19.1. The van der Waals surface area contributed by atoms with E-state index in [9.17, 15) is 14.0 Å². The van der Waals surface area contributed by atoms with Crippen LogP contribution in [-0.2, 0) is 16.0 Å². The van der Waals surface area contributed by atoms with Crippen LogP contribution in [0.15, 0.2) is 18.2 Å². The monoisotopic (exact) mass is 292 g/mol. The van der Waals surface area contributed by atoms with Crippen molar-refractivity contribution in [3.63, 3.8) is 0 Å². The third-order valence-electron chi connectivity index (χ3n) is 3.96. The van der Waals surface area contributed by atoms with Gasteiger partial charge in [-0.1, -0.05) is 6.92 Å². The van der Waals surface area contributed by atoms with E-state index in [0.29, 0.717) is 25.1 Å². The lowest BCUT2D eigenvalue weighted by Gasteiger charge is -2.35. The summed E-state index contributed by atoms with van der Waals surface area (Å²) in [5, 5.41) is 2.59. The molecule has 0 aliphatic carbocycles. The zero-order chi connectivity index (χ0) is 15.0. The molecule has 112 valence electrons. The Morgan fingerprint density at radius 1 is 1.43 bits per heavy atom. The molecule has 2 atom stereocenters. The van der Waals surface area contributed by atoms with Crippen molar-refractivity contribution in [1.82, 2.24) is 10.2 Å². The Morgan fingerprint density at radius 2 is 2.24 bits per heavy atom. The van der Waals surface area contributed by atoms with E-state index in [1.165, 1.54) is 12.1 Å². The van der Waals surface area contributed by atoms with Crippen LogP contribution in [0.3, 0.4) is 0 Å². The number of benzene rings is 1. The molecule has 3 rings (SSSR count). The van der Waals surface area contributed by atoms with E-state index in [-0.39, 0.29) is 30.3 Å². The summed E-state index contributed by atoms with van der Waals surface area (Å²) in [7, 11) is 0. The van der Waals surface area contributed by atoms with Crippen LogP contribution in [0.5, 0.6) is 5.75 Å². The maximum Gasteiger partial charge on any atom is 0.243 e. The Morgan fingerprint density at radius 3 is 3.00 bits per heavy atom. The molecule has 0 radical (unpaired) electrons. The van der Waals surface area contributed by atoms with E-state index in [0.717, 1.165) is 5.56 Å². The second-order valence-electron chi connectivity index (χ2n) is 5.38. The van der Waals surface area contributed by atoms with Crippen molar-refractivity contribution in [3.05, 3.63) is 29.6 Å². The lowest BCUT2D eigenvalue weighted by molar-refractivity contribution is -0.146. The van der Waals surface area contributed by atoms with Gasteiger partial charge in [-0.15, -0.1) is 0 Å². The van der Waals surface area contributed by atoms with Gasteiger partial charge >= 0.3 is 0 Å². The fourth-order valence-electron chi connectivity index (χ4n) is 2.94. The molecule has 2 aliphatic heterocycles. The summed E-state index contributed by atoms with van der Waals surface area (Å²) in [4.78, 5) is 25.4. The Labute approximate surface area is 122 Å². The maximum atomic E-state index is 13.2. The number of fused-ring (bicyclic) bond motifs is 1. The molecule has 2 amide bonds. The summed E-state index contributed by atoms with van der Waals surface area (Å²) >= 11 is 0. The van der Waals surface area contributed by atoms with Crippen molar-refractivity contribution in [3.8, 4) is 5.75 Å². The molecule has 0 bridgehead atoms. The highest BCUT2D eigenvalue weighted by molar-refractivity contribution is 5.94. The molecule has 1 aromatic rings. The maximum absolute atomic E-state index is 13.2. The van der Waals surface area contributed by atoms with E-state index < -0.39 is 6.04 Å². The van der Waals surface area contributed by atoms with Gasteiger partial charge in [-0.05, 0) is 24.6 Å². The highest BCUT2D eigenvalue weighted by Crippen LogP contribution is 2.30. The fraction of sp³-hybridized carbons (Fsp3) is 0.467. The second kappa shape index (κ2) is 5.35. The first-order valence-electron chi connectivity index (χ1n) is 7.10. The number of hydrogen-bond donors (Lipinski definition) is 1. The van der Waals surface area contributed by atoms with Crippen LogP contribution in [0.2, 0.25) is 0 Å². The van der Waals surface area contributed by atoms with Gasteiger partial charge in [-0.2, -0.15) is 0 Å². The van der Waals surface area contributed by atoms with Crippen molar-refractivity contribution >= 4 is 11.8 Å². The molecule has 2 unspecified atom stereocenters. The summed E-state index contributed by atoms with van der Waals surface area (Å²) in [6.45, 7) is 2.25. The average molecular weight is 292 g/mol. The van der Waals surface area contributed by atoms with Crippen LogP contribution < -0.4 is 10.1 Å². The number of rotatable bonds is 3. The fourth-order valence-corrected chi connectivity index (χ4v) is 2.94. The largest absolute Gasteiger partial charge is 0.488 e. The summed E-state index contributed by atoms with van der Waals surface area (Å²) in [5.41, 5.74) is 0.807. The van der Waals surface area contributed by atoms with E-state index in [2.05, 4.69) is 5.32 Å². The van der Waals surface area contributed by atoms with Gasteiger partial charge in [0.05, 0.1) is 13.1 Å². The van der Waals surface area contributed by atoms with E-state index in [4.69, 9.17) is 4.74 Å². The van der Waals surface area contributed by atoms with Crippen LogP contribution in [0.25, 0.3) is 0 Å². The number of halogens is 1. The predicted octanol–water partition coefficient (Wildman–Crippen LogP) is 0.866. The van der Waals surface area contributed by atoms with E-state index >= 15 is 0 Å². The molecule has 1 fully saturated rings. The molecule has 0 spiro atoms. The Bertz CT molecular complexity index is 590. The second-order valence-corrected chi connectivity index (χ2v) is 5.38. The highest BCUT2D eigenvalue weighted by Gasteiger charge is 2.36. The Kier molecular flexibility index (Phi) is 3.53. The SMILES string of the molecule is CCC1C(=O)NCC(=O)N1CC1Cc2cc(F)ccc2O1. The number of hydrogen-bond acceptors (Lipinski definition) is 3. The summed E-state index contributed by atoms with van der Waals surface area (Å²) < 4.78 is 19.0. The van der Waals surface area contributed by atoms with Crippen LogP contribution in [0, 0.1) is 5.82 Å². The molecular weight excluding hydrogens is 275 g/mol. The smallest absolute Gasteiger partial charge is 0.243 e. The van der Waals surface area contributed by atoms with Crippen molar-refractivity contribution in [2.45, 2.75) is 31.9 Å². The van der Waals surface area contributed by atoms with Crippen molar-refractivity contribution in [1.29, 1.82) is 0 Å².